The summed E-state index contributed by atoms with van der Waals surface area (Å²) in [5.41, 5.74) is 0. The fraction of sp³-hybridized carbons (Fsp3) is 0.714. The van der Waals surface area contributed by atoms with E-state index >= 15 is 0 Å². The Balaban J connectivity index is 3.80. The van der Waals surface area contributed by atoms with E-state index in [4.69, 9.17) is 0 Å². The molecule has 0 saturated carbocycles. The van der Waals surface area contributed by atoms with Crippen molar-refractivity contribution >= 4 is 24.3 Å². The lowest BCUT2D eigenvalue weighted by Gasteiger charge is -2.11. The maximum absolute atomic E-state index is 11.7. The molecule has 0 bridgehead atoms. The molecule has 0 aromatic heterocycles. The number of hydrogen-bond acceptors (Lipinski definition) is 3. The first-order valence-electron chi connectivity index (χ1n) is 6.70. The van der Waals surface area contributed by atoms with Gasteiger partial charge in [0.1, 0.15) is 6.04 Å². The van der Waals surface area contributed by atoms with Crippen LogP contribution >= 0.6 is 12.6 Å². The average molecular weight is 271 g/mol. The maximum atomic E-state index is 11.7. The molecule has 1 amide bonds. The second-order valence-electron chi connectivity index (χ2n) is 4.44. The number of thiol groups is 1. The molecule has 0 aliphatic carbocycles. The highest BCUT2D eigenvalue weighted by molar-refractivity contribution is 7.80. The Morgan fingerprint density at radius 2 is 1.89 bits per heavy atom. The first-order chi connectivity index (χ1) is 8.61. The van der Waals surface area contributed by atoms with Gasteiger partial charge in [-0.25, -0.2) is 0 Å². The molecular weight excluding hydrogens is 246 g/mol. The summed E-state index contributed by atoms with van der Waals surface area (Å²) >= 11 is 4.06. The fourth-order valence-corrected chi connectivity index (χ4v) is 1.90. The third-order valence-corrected chi connectivity index (χ3v) is 3.03. The lowest BCUT2D eigenvalue weighted by molar-refractivity contribution is -0.124. The zero-order valence-electron chi connectivity index (χ0n) is 11.4. The van der Waals surface area contributed by atoms with Crippen molar-refractivity contribution in [3.05, 3.63) is 12.2 Å². The predicted molar refractivity (Wildman–Crippen MR) is 79.0 cm³/mol. The summed E-state index contributed by atoms with van der Waals surface area (Å²) in [6.07, 6.45) is 10.5. The lowest BCUT2D eigenvalue weighted by Crippen LogP contribution is -2.40. The first kappa shape index (κ1) is 17.2. The van der Waals surface area contributed by atoms with E-state index in [2.05, 4.69) is 24.9 Å². The van der Waals surface area contributed by atoms with Gasteiger partial charge in [-0.1, -0.05) is 38.7 Å². The molecule has 104 valence electrons. The molecule has 1 atom stereocenters. The van der Waals surface area contributed by atoms with Crippen LogP contribution in [0.25, 0.3) is 0 Å². The zero-order chi connectivity index (χ0) is 13.8. The van der Waals surface area contributed by atoms with Crippen LogP contribution in [-0.2, 0) is 9.59 Å². The number of ketones is 1. The zero-order valence-corrected chi connectivity index (χ0v) is 12.3. The van der Waals surface area contributed by atoms with E-state index in [0.29, 0.717) is 5.75 Å². The predicted octanol–water partition coefficient (Wildman–Crippen LogP) is 2.91. The summed E-state index contributed by atoms with van der Waals surface area (Å²) in [5, 5.41) is 2.58. The van der Waals surface area contributed by atoms with Crippen molar-refractivity contribution < 1.29 is 9.59 Å². The van der Waals surface area contributed by atoms with Gasteiger partial charge < -0.3 is 5.32 Å². The summed E-state index contributed by atoms with van der Waals surface area (Å²) in [7, 11) is 0. The van der Waals surface area contributed by atoms with Crippen molar-refractivity contribution in [1.29, 1.82) is 0 Å². The summed E-state index contributed by atoms with van der Waals surface area (Å²) < 4.78 is 0. The van der Waals surface area contributed by atoms with Gasteiger partial charge >= 0.3 is 0 Å². The summed E-state index contributed by atoms with van der Waals surface area (Å²) in [6, 6.07) is -0.498. The van der Waals surface area contributed by atoms with Gasteiger partial charge in [-0.3, -0.25) is 9.59 Å². The molecule has 0 spiro atoms. The Hall–Kier alpha value is -0.770. The van der Waals surface area contributed by atoms with E-state index in [0.717, 1.165) is 12.8 Å². The maximum Gasteiger partial charge on any atom is 0.217 e. The molecule has 0 fully saturated rings. The van der Waals surface area contributed by atoms with Crippen LogP contribution in [0.1, 0.15) is 52.4 Å². The van der Waals surface area contributed by atoms with Gasteiger partial charge in [0, 0.05) is 12.7 Å². The van der Waals surface area contributed by atoms with E-state index in [1.807, 2.05) is 6.08 Å². The highest BCUT2D eigenvalue weighted by Crippen LogP contribution is 2.05. The van der Waals surface area contributed by atoms with Crippen LogP contribution in [0.2, 0.25) is 0 Å². The second kappa shape index (κ2) is 11.3. The molecule has 18 heavy (non-hydrogen) atoms. The van der Waals surface area contributed by atoms with Crippen molar-refractivity contribution in [2.24, 2.45) is 0 Å². The Morgan fingerprint density at radius 3 is 2.44 bits per heavy atom. The van der Waals surface area contributed by atoms with E-state index < -0.39 is 6.04 Å². The fourth-order valence-electron chi connectivity index (χ4n) is 1.63. The second-order valence-corrected chi connectivity index (χ2v) is 4.81. The van der Waals surface area contributed by atoms with Crippen LogP contribution in [0.5, 0.6) is 0 Å². The number of unbranched alkanes of at least 4 members (excludes halogenated alkanes) is 5. The van der Waals surface area contributed by atoms with Crippen LogP contribution in [0.3, 0.4) is 0 Å². The number of allylic oxidation sites excluding steroid dienone is 1. The van der Waals surface area contributed by atoms with E-state index in [-0.39, 0.29) is 11.7 Å². The molecule has 0 heterocycles. The summed E-state index contributed by atoms with van der Waals surface area (Å²) in [4.78, 5) is 22.6. The van der Waals surface area contributed by atoms with Crippen molar-refractivity contribution in [2.75, 3.05) is 5.75 Å². The largest absolute Gasteiger partial charge is 0.345 e. The monoisotopic (exact) mass is 271 g/mol. The molecule has 0 aromatic rings. The third-order valence-electron chi connectivity index (χ3n) is 2.66. The first-order valence-corrected chi connectivity index (χ1v) is 7.33. The van der Waals surface area contributed by atoms with E-state index in [1.165, 1.54) is 32.6 Å². The van der Waals surface area contributed by atoms with Gasteiger partial charge in [-0.15, -0.1) is 0 Å². The lowest BCUT2D eigenvalue weighted by atomic mass is 10.1. The number of carbonyl (C=O) groups is 2. The normalized spacial score (nSPS) is 12.6. The molecule has 1 N–H and O–H groups in total. The van der Waals surface area contributed by atoms with Crippen LogP contribution in [0, 0.1) is 0 Å². The summed E-state index contributed by atoms with van der Waals surface area (Å²) in [5.74, 6) is 0.0586. The molecule has 1 unspecified atom stereocenters. The highest BCUT2D eigenvalue weighted by Gasteiger charge is 2.14. The van der Waals surface area contributed by atoms with Crippen LogP contribution in [0.4, 0.5) is 0 Å². The smallest absolute Gasteiger partial charge is 0.217 e. The Bertz CT molecular complexity index is 277. The summed E-state index contributed by atoms with van der Waals surface area (Å²) in [6.45, 7) is 3.60. The highest BCUT2D eigenvalue weighted by atomic mass is 32.1. The van der Waals surface area contributed by atoms with Crippen molar-refractivity contribution in [2.45, 2.75) is 58.4 Å². The van der Waals surface area contributed by atoms with Crippen LogP contribution in [0.15, 0.2) is 12.2 Å². The van der Waals surface area contributed by atoms with Gasteiger partial charge in [0.05, 0.1) is 0 Å². The standard InChI is InChI=1S/C14H25NO2S/c1-3-4-5-6-7-8-9-10-14(17)13(11-18)15-12(2)16/h9-10,13,18H,3-8,11H2,1-2H3,(H,15,16). The van der Waals surface area contributed by atoms with Crippen LogP contribution < -0.4 is 5.32 Å². The molecule has 0 aromatic carbocycles. The topological polar surface area (TPSA) is 46.2 Å². The number of amides is 1. The van der Waals surface area contributed by atoms with E-state index in [9.17, 15) is 9.59 Å². The molecule has 0 rings (SSSR count). The van der Waals surface area contributed by atoms with Gasteiger partial charge in [0.2, 0.25) is 5.91 Å². The third kappa shape index (κ3) is 9.28. The molecule has 4 heteroatoms. The van der Waals surface area contributed by atoms with Crippen molar-refractivity contribution in [1.82, 2.24) is 5.32 Å². The van der Waals surface area contributed by atoms with Crippen molar-refractivity contribution in [3.63, 3.8) is 0 Å². The Morgan fingerprint density at radius 1 is 1.22 bits per heavy atom. The molecular formula is C14H25NO2S. The van der Waals surface area contributed by atoms with Gasteiger partial charge in [-0.2, -0.15) is 12.6 Å². The van der Waals surface area contributed by atoms with Gasteiger partial charge in [0.25, 0.3) is 0 Å². The molecule has 0 saturated heterocycles. The minimum absolute atomic E-state index is 0.0752. The van der Waals surface area contributed by atoms with E-state index in [1.54, 1.807) is 6.08 Å². The number of rotatable bonds is 10. The molecule has 0 aliphatic rings. The molecule has 0 aliphatic heterocycles. The molecule has 0 radical (unpaired) electrons. The minimum Gasteiger partial charge on any atom is -0.345 e. The Labute approximate surface area is 116 Å². The SMILES string of the molecule is CCCCCCCC=CC(=O)C(CS)NC(C)=O. The van der Waals surface area contributed by atoms with Gasteiger partial charge in [-0.05, 0) is 18.9 Å². The van der Waals surface area contributed by atoms with Crippen molar-refractivity contribution in [3.8, 4) is 0 Å². The number of hydrogen-bond donors (Lipinski definition) is 2. The van der Waals surface area contributed by atoms with Crippen LogP contribution in [-0.4, -0.2) is 23.5 Å². The quantitative estimate of drug-likeness (QED) is 0.364. The molecule has 3 nitrogen and oxygen atoms in total. The number of nitrogens with one attached hydrogen (secondary N) is 1. The van der Waals surface area contributed by atoms with Gasteiger partial charge in [0.15, 0.2) is 5.78 Å². The Kier molecular flexibility index (Phi) is 10.8. The average Bonchev–Trinajstić information content (AvgIpc) is 2.34. The number of carbonyl (C=O) groups excluding carboxylic acids is 2. The minimum atomic E-state index is -0.498.